The molecular weight excluding hydrogens is 537 g/mol. The van der Waals surface area contributed by atoms with Gasteiger partial charge in [0.1, 0.15) is 18.1 Å². The molecule has 6 rings (SSSR count). The summed E-state index contributed by atoms with van der Waals surface area (Å²) in [6, 6.07) is 10.1. The fraction of sp³-hybridized carbons (Fsp3) is 0.531. The number of nitrogens with zero attached hydrogens (tertiary/aromatic N) is 3. The van der Waals surface area contributed by atoms with Crippen molar-refractivity contribution in [3.8, 4) is 5.75 Å². The van der Waals surface area contributed by atoms with E-state index >= 15 is 0 Å². The molecule has 0 spiro atoms. The molecule has 4 aliphatic rings. The first-order valence-corrected chi connectivity index (χ1v) is 15.6. The standard InChI is InChI=1S/C32H40FN5O4/c33-25-16-24(17-26(19-25)38-11-10-35-21-30(38)39)32(41)37-14-12-36(13-15-37)31(40)23-6-7-29(42-27-8-9-34-20-27)28(18-23)22-4-2-1-3-5-22/h6-7,16-19,22,27,34-35H,1-5,8-15,20-21H2/p+2/t27-/m0/s1. The lowest BCUT2D eigenvalue weighted by Gasteiger charge is -2.35. The maximum Gasteiger partial charge on any atom is 0.282 e. The number of hydrogen-bond acceptors (Lipinski definition) is 4. The minimum atomic E-state index is -0.542. The Hall–Kier alpha value is -3.50. The average Bonchev–Trinajstić information content (AvgIpc) is 3.54. The van der Waals surface area contributed by atoms with E-state index in [1.807, 2.05) is 17.4 Å². The van der Waals surface area contributed by atoms with Crippen molar-refractivity contribution in [3.63, 3.8) is 0 Å². The highest BCUT2D eigenvalue weighted by molar-refractivity contribution is 5.99. The predicted molar refractivity (Wildman–Crippen MR) is 155 cm³/mol. The summed E-state index contributed by atoms with van der Waals surface area (Å²) in [4.78, 5) is 44.3. The molecule has 0 aromatic heterocycles. The number of carbonyl (C=O) groups excluding carboxylic acids is 3. The van der Waals surface area contributed by atoms with Gasteiger partial charge in [-0.15, -0.1) is 0 Å². The van der Waals surface area contributed by atoms with Crippen LogP contribution in [0.4, 0.5) is 10.1 Å². The van der Waals surface area contributed by atoms with Crippen LogP contribution in [0, 0.1) is 5.82 Å². The number of nitrogens with two attached hydrogens (primary N) is 2. The molecule has 0 unspecified atom stereocenters. The molecule has 0 radical (unpaired) electrons. The van der Waals surface area contributed by atoms with Crippen LogP contribution in [0.2, 0.25) is 0 Å². The van der Waals surface area contributed by atoms with Gasteiger partial charge in [0.25, 0.3) is 17.7 Å². The molecule has 4 N–H and O–H groups in total. The number of anilines is 1. The summed E-state index contributed by atoms with van der Waals surface area (Å²) < 4.78 is 21.0. The molecule has 1 saturated carbocycles. The molecule has 0 bridgehead atoms. The smallest absolute Gasteiger partial charge is 0.282 e. The van der Waals surface area contributed by atoms with Crippen molar-refractivity contribution < 1.29 is 34.1 Å². The number of carbonyl (C=O) groups is 3. The van der Waals surface area contributed by atoms with Crippen molar-refractivity contribution in [1.29, 1.82) is 0 Å². The summed E-state index contributed by atoms with van der Waals surface area (Å²) in [5, 5.41) is 4.20. The van der Waals surface area contributed by atoms with Crippen molar-refractivity contribution in [2.24, 2.45) is 0 Å². The van der Waals surface area contributed by atoms with Crippen molar-refractivity contribution in [1.82, 2.24) is 9.80 Å². The first-order chi connectivity index (χ1) is 20.5. The van der Waals surface area contributed by atoms with Crippen LogP contribution in [-0.2, 0) is 4.79 Å². The van der Waals surface area contributed by atoms with Crippen LogP contribution in [-0.4, -0.2) is 92.5 Å². The van der Waals surface area contributed by atoms with Gasteiger partial charge in [-0.3, -0.25) is 14.4 Å². The maximum atomic E-state index is 14.5. The lowest BCUT2D eigenvalue weighted by atomic mass is 9.83. The number of piperazine rings is 2. The topological polar surface area (TPSA) is 103 Å². The van der Waals surface area contributed by atoms with Crippen molar-refractivity contribution in [3.05, 3.63) is 58.9 Å². The summed E-state index contributed by atoms with van der Waals surface area (Å²) in [7, 11) is 0. The quantitative estimate of drug-likeness (QED) is 0.535. The highest BCUT2D eigenvalue weighted by atomic mass is 19.1. The highest BCUT2D eigenvalue weighted by Crippen LogP contribution is 2.38. The van der Waals surface area contributed by atoms with Crippen LogP contribution in [0.25, 0.3) is 0 Å². The minimum absolute atomic E-state index is 0.0339. The van der Waals surface area contributed by atoms with E-state index in [0.29, 0.717) is 56.4 Å². The molecule has 1 atom stereocenters. The number of halogens is 1. The monoisotopic (exact) mass is 579 g/mol. The Bertz CT molecular complexity index is 1320. The zero-order chi connectivity index (χ0) is 29.1. The summed E-state index contributed by atoms with van der Waals surface area (Å²) >= 11 is 0. The van der Waals surface area contributed by atoms with Crippen LogP contribution in [0.5, 0.6) is 5.75 Å². The number of amides is 3. The van der Waals surface area contributed by atoms with Crippen LogP contribution in [0.3, 0.4) is 0 Å². The highest BCUT2D eigenvalue weighted by Gasteiger charge is 2.30. The summed E-state index contributed by atoms with van der Waals surface area (Å²) in [5.74, 6) is 0.376. The molecular formula is C32H42FN5O4+2. The Kier molecular flexibility index (Phi) is 8.71. The SMILES string of the molecule is O=C(c1cc(F)cc(N2CC[NH2+]CC2=O)c1)N1CCN(C(=O)c2ccc(O[C@H]3CC[NH2+]C3)c(C3CCCCC3)c2)CC1. The zero-order valence-corrected chi connectivity index (χ0v) is 24.2. The second-order valence-electron chi connectivity index (χ2n) is 12.0. The van der Waals surface area contributed by atoms with Gasteiger partial charge in [-0.25, -0.2) is 4.39 Å². The summed E-state index contributed by atoms with van der Waals surface area (Å²) in [6.45, 7) is 5.12. The van der Waals surface area contributed by atoms with Gasteiger partial charge in [-0.2, -0.15) is 0 Å². The number of benzene rings is 2. The summed E-state index contributed by atoms with van der Waals surface area (Å²) in [6.07, 6.45) is 7.17. The molecule has 3 aliphatic heterocycles. The van der Waals surface area contributed by atoms with Gasteiger partial charge in [-0.05, 0) is 60.7 Å². The van der Waals surface area contributed by atoms with E-state index < -0.39 is 5.82 Å². The van der Waals surface area contributed by atoms with Gasteiger partial charge >= 0.3 is 0 Å². The first kappa shape index (κ1) is 28.6. The molecule has 1 aliphatic carbocycles. The Morgan fingerprint density at radius 3 is 2.24 bits per heavy atom. The van der Waals surface area contributed by atoms with Gasteiger partial charge < -0.3 is 30.1 Å². The lowest BCUT2D eigenvalue weighted by Crippen LogP contribution is -2.91. The van der Waals surface area contributed by atoms with E-state index in [9.17, 15) is 18.8 Å². The molecule has 9 nitrogen and oxygen atoms in total. The van der Waals surface area contributed by atoms with Gasteiger partial charge in [0, 0.05) is 49.4 Å². The Labute approximate surface area is 246 Å². The number of quaternary nitrogens is 2. The van der Waals surface area contributed by atoms with Gasteiger partial charge in [0.05, 0.1) is 19.6 Å². The van der Waals surface area contributed by atoms with E-state index in [1.165, 1.54) is 31.4 Å². The second kappa shape index (κ2) is 12.8. The van der Waals surface area contributed by atoms with Crippen LogP contribution < -0.4 is 20.3 Å². The van der Waals surface area contributed by atoms with Crippen molar-refractivity contribution in [2.75, 3.05) is 63.8 Å². The number of rotatable bonds is 6. The molecule has 10 heteroatoms. The Balaban J connectivity index is 1.12. The van der Waals surface area contributed by atoms with Crippen molar-refractivity contribution >= 4 is 23.4 Å². The molecule has 2 aromatic carbocycles. The first-order valence-electron chi connectivity index (χ1n) is 15.6. The Morgan fingerprint density at radius 2 is 1.55 bits per heavy atom. The van der Waals surface area contributed by atoms with E-state index in [1.54, 1.807) is 20.8 Å². The molecule has 42 heavy (non-hydrogen) atoms. The molecule has 3 heterocycles. The van der Waals surface area contributed by atoms with E-state index in [-0.39, 0.29) is 29.4 Å². The third kappa shape index (κ3) is 6.29. The van der Waals surface area contributed by atoms with Crippen LogP contribution in [0.15, 0.2) is 36.4 Å². The lowest BCUT2D eigenvalue weighted by molar-refractivity contribution is -0.645. The second-order valence-corrected chi connectivity index (χ2v) is 12.0. The average molecular weight is 580 g/mol. The van der Waals surface area contributed by atoms with E-state index in [4.69, 9.17) is 4.74 Å². The molecule has 224 valence electrons. The molecule has 2 aromatic rings. The largest absolute Gasteiger partial charge is 0.484 e. The normalized spacial score (nSPS) is 22.0. The van der Waals surface area contributed by atoms with E-state index in [2.05, 4.69) is 11.4 Å². The summed E-state index contributed by atoms with van der Waals surface area (Å²) in [5.41, 5.74) is 2.46. The van der Waals surface area contributed by atoms with Gasteiger partial charge in [0.15, 0.2) is 12.6 Å². The number of hydrogen-bond donors (Lipinski definition) is 2. The van der Waals surface area contributed by atoms with Gasteiger partial charge in [0.2, 0.25) is 0 Å². The number of ether oxygens (including phenoxy) is 1. The maximum absolute atomic E-state index is 14.5. The fourth-order valence-corrected chi connectivity index (χ4v) is 6.82. The molecule has 3 amide bonds. The van der Waals surface area contributed by atoms with Crippen LogP contribution >= 0.6 is 0 Å². The molecule has 4 fully saturated rings. The third-order valence-electron chi connectivity index (χ3n) is 9.19. The van der Waals surface area contributed by atoms with Gasteiger partial charge in [-0.1, -0.05) is 19.3 Å². The fourth-order valence-electron chi connectivity index (χ4n) is 6.82. The molecule has 3 saturated heterocycles. The zero-order valence-electron chi connectivity index (χ0n) is 24.2. The Morgan fingerprint density at radius 1 is 0.810 bits per heavy atom. The third-order valence-corrected chi connectivity index (χ3v) is 9.19. The predicted octanol–water partition coefficient (Wildman–Crippen LogP) is 1.10. The van der Waals surface area contributed by atoms with Crippen molar-refractivity contribution in [2.45, 2.75) is 50.5 Å². The van der Waals surface area contributed by atoms with Crippen LogP contribution in [0.1, 0.15) is 70.7 Å². The minimum Gasteiger partial charge on any atom is -0.484 e. The van der Waals surface area contributed by atoms with E-state index in [0.717, 1.165) is 50.2 Å².